The van der Waals surface area contributed by atoms with Crippen LogP contribution < -0.4 is 5.32 Å². The summed E-state index contributed by atoms with van der Waals surface area (Å²) >= 11 is 6.03. The highest BCUT2D eigenvalue weighted by Gasteiger charge is 2.08. The Morgan fingerprint density at radius 2 is 2.22 bits per heavy atom. The maximum absolute atomic E-state index is 6.03. The Kier molecular flexibility index (Phi) is 8.32. The van der Waals surface area contributed by atoms with Crippen molar-refractivity contribution in [3.8, 4) is 0 Å². The highest BCUT2D eigenvalue weighted by Crippen LogP contribution is 2.12. The fourth-order valence-electron chi connectivity index (χ4n) is 2.06. The normalized spacial score (nSPS) is 11.0. The third-order valence-corrected chi connectivity index (χ3v) is 3.42. The molecule has 0 amide bonds. The highest BCUT2D eigenvalue weighted by molar-refractivity contribution is 14.0. The van der Waals surface area contributed by atoms with Gasteiger partial charge in [0, 0.05) is 32.2 Å². The van der Waals surface area contributed by atoms with Gasteiger partial charge in [0.15, 0.2) is 5.96 Å². The van der Waals surface area contributed by atoms with Gasteiger partial charge in [-0.15, -0.1) is 24.0 Å². The second-order valence-corrected chi connectivity index (χ2v) is 5.39. The average molecular weight is 449 g/mol. The first-order chi connectivity index (χ1) is 10.6. The standard InChI is InChI=1S/C15H21ClN6.HI/c1-4-17-15(18-9-14-19-11-20-22(14)3)21(2)10-12-6-5-7-13(16)8-12;/h5-8,11H,4,9-10H2,1-3H3,(H,17,18);1H. The van der Waals surface area contributed by atoms with Gasteiger partial charge in [-0.3, -0.25) is 4.68 Å². The molecule has 0 aliphatic carbocycles. The Labute approximate surface area is 159 Å². The summed E-state index contributed by atoms with van der Waals surface area (Å²) in [5.74, 6) is 1.65. The summed E-state index contributed by atoms with van der Waals surface area (Å²) in [6.45, 7) is 4.06. The van der Waals surface area contributed by atoms with Crippen molar-refractivity contribution in [2.45, 2.75) is 20.0 Å². The van der Waals surface area contributed by atoms with Crippen molar-refractivity contribution in [3.63, 3.8) is 0 Å². The van der Waals surface area contributed by atoms with Crippen molar-refractivity contribution in [3.05, 3.63) is 47.0 Å². The minimum absolute atomic E-state index is 0. The average Bonchev–Trinajstić information content (AvgIpc) is 2.88. The van der Waals surface area contributed by atoms with E-state index in [0.717, 1.165) is 35.5 Å². The lowest BCUT2D eigenvalue weighted by atomic mass is 10.2. The molecule has 1 heterocycles. The van der Waals surface area contributed by atoms with Crippen LogP contribution >= 0.6 is 35.6 Å². The Balaban J connectivity index is 0.00000264. The first-order valence-electron chi connectivity index (χ1n) is 7.17. The van der Waals surface area contributed by atoms with Crippen LogP contribution in [0, 0.1) is 0 Å². The Morgan fingerprint density at radius 3 is 2.83 bits per heavy atom. The van der Waals surface area contributed by atoms with Crippen LogP contribution in [0.3, 0.4) is 0 Å². The first-order valence-corrected chi connectivity index (χ1v) is 7.54. The number of halogens is 2. The Bertz CT molecular complexity index is 642. The fourth-order valence-corrected chi connectivity index (χ4v) is 2.28. The zero-order chi connectivity index (χ0) is 15.9. The van der Waals surface area contributed by atoms with Crippen LogP contribution in [0.4, 0.5) is 0 Å². The zero-order valence-corrected chi connectivity index (χ0v) is 16.6. The summed E-state index contributed by atoms with van der Waals surface area (Å²) in [7, 11) is 3.86. The summed E-state index contributed by atoms with van der Waals surface area (Å²) in [4.78, 5) is 10.9. The molecule has 0 unspecified atom stereocenters. The molecular formula is C15H22ClIN6. The van der Waals surface area contributed by atoms with Crippen LogP contribution in [0.25, 0.3) is 0 Å². The molecule has 0 fully saturated rings. The molecule has 8 heteroatoms. The van der Waals surface area contributed by atoms with Gasteiger partial charge in [0.2, 0.25) is 0 Å². The topological polar surface area (TPSA) is 58.3 Å². The molecule has 1 aromatic heterocycles. The van der Waals surface area contributed by atoms with E-state index in [1.807, 2.05) is 39.2 Å². The van der Waals surface area contributed by atoms with E-state index in [1.54, 1.807) is 4.68 Å². The second-order valence-electron chi connectivity index (χ2n) is 4.96. The highest BCUT2D eigenvalue weighted by atomic mass is 127. The van der Waals surface area contributed by atoms with Crippen molar-refractivity contribution < 1.29 is 0 Å². The predicted molar refractivity (Wildman–Crippen MR) is 104 cm³/mol. The van der Waals surface area contributed by atoms with Crippen molar-refractivity contribution in [2.75, 3.05) is 13.6 Å². The molecule has 0 saturated heterocycles. The van der Waals surface area contributed by atoms with Crippen molar-refractivity contribution >= 4 is 41.5 Å². The predicted octanol–water partition coefficient (Wildman–Crippen LogP) is 2.68. The van der Waals surface area contributed by atoms with E-state index in [0.29, 0.717) is 6.54 Å². The number of hydrogen-bond donors (Lipinski definition) is 1. The number of nitrogens with zero attached hydrogens (tertiary/aromatic N) is 5. The molecular weight excluding hydrogens is 427 g/mol. The Morgan fingerprint density at radius 1 is 1.43 bits per heavy atom. The maximum Gasteiger partial charge on any atom is 0.194 e. The molecule has 0 bridgehead atoms. The summed E-state index contributed by atoms with van der Waals surface area (Å²) in [5.41, 5.74) is 1.14. The number of guanidine groups is 1. The van der Waals surface area contributed by atoms with Crippen LogP contribution in [0.15, 0.2) is 35.6 Å². The minimum atomic E-state index is 0. The van der Waals surface area contributed by atoms with Gasteiger partial charge in [0.25, 0.3) is 0 Å². The molecule has 126 valence electrons. The Hall–Kier alpha value is -1.35. The summed E-state index contributed by atoms with van der Waals surface area (Å²) < 4.78 is 1.73. The van der Waals surface area contributed by atoms with E-state index in [9.17, 15) is 0 Å². The van der Waals surface area contributed by atoms with E-state index in [-0.39, 0.29) is 24.0 Å². The summed E-state index contributed by atoms with van der Waals surface area (Å²) in [6.07, 6.45) is 1.54. The number of benzene rings is 1. The molecule has 0 spiro atoms. The van der Waals surface area contributed by atoms with Gasteiger partial charge in [-0.25, -0.2) is 9.98 Å². The van der Waals surface area contributed by atoms with Gasteiger partial charge in [-0.1, -0.05) is 23.7 Å². The molecule has 23 heavy (non-hydrogen) atoms. The van der Waals surface area contributed by atoms with Crippen molar-refractivity contribution in [1.82, 2.24) is 25.0 Å². The number of rotatable bonds is 5. The van der Waals surface area contributed by atoms with Crippen LogP contribution in [0.5, 0.6) is 0 Å². The molecule has 2 rings (SSSR count). The van der Waals surface area contributed by atoms with Crippen LogP contribution in [-0.4, -0.2) is 39.2 Å². The van der Waals surface area contributed by atoms with E-state index in [4.69, 9.17) is 11.6 Å². The molecule has 1 aromatic carbocycles. The molecule has 6 nitrogen and oxygen atoms in total. The lowest BCUT2D eigenvalue weighted by Crippen LogP contribution is -2.38. The zero-order valence-electron chi connectivity index (χ0n) is 13.5. The number of aromatic nitrogens is 3. The first kappa shape index (κ1) is 19.7. The lowest BCUT2D eigenvalue weighted by molar-refractivity contribution is 0.476. The van der Waals surface area contributed by atoms with Crippen molar-refractivity contribution in [1.29, 1.82) is 0 Å². The molecule has 0 atom stereocenters. The van der Waals surface area contributed by atoms with E-state index in [2.05, 4.69) is 31.4 Å². The largest absolute Gasteiger partial charge is 0.357 e. The molecule has 2 aromatic rings. The number of aryl methyl sites for hydroxylation is 1. The van der Waals surface area contributed by atoms with Crippen LogP contribution in [-0.2, 0) is 20.1 Å². The van der Waals surface area contributed by atoms with E-state index < -0.39 is 0 Å². The molecule has 0 saturated carbocycles. The van der Waals surface area contributed by atoms with Gasteiger partial charge >= 0.3 is 0 Å². The number of aliphatic imine (C=N–C) groups is 1. The van der Waals surface area contributed by atoms with Crippen LogP contribution in [0.2, 0.25) is 5.02 Å². The van der Waals surface area contributed by atoms with Gasteiger partial charge in [0.05, 0.1) is 0 Å². The molecule has 1 N–H and O–H groups in total. The third kappa shape index (κ3) is 5.98. The quantitative estimate of drug-likeness (QED) is 0.434. The van der Waals surface area contributed by atoms with E-state index in [1.165, 1.54) is 6.33 Å². The minimum Gasteiger partial charge on any atom is -0.357 e. The summed E-state index contributed by atoms with van der Waals surface area (Å²) in [5, 5.41) is 8.08. The van der Waals surface area contributed by atoms with Crippen LogP contribution in [0.1, 0.15) is 18.3 Å². The smallest absolute Gasteiger partial charge is 0.194 e. The molecule has 0 aliphatic heterocycles. The van der Waals surface area contributed by atoms with Crippen molar-refractivity contribution in [2.24, 2.45) is 12.0 Å². The monoisotopic (exact) mass is 448 g/mol. The number of nitrogens with one attached hydrogen (secondary N) is 1. The van der Waals surface area contributed by atoms with Gasteiger partial charge in [-0.2, -0.15) is 5.10 Å². The van der Waals surface area contributed by atoms with Gasteiger partial charge in [0.1, 0.15) is 18.7 Å². The third-order valence-electron chi connectivity index (χ3n) is 3.18. The summed E-state index contributed by atoms with van der Waals surface area (Å²) in [6, 6.07) is 7.84. The van der Waals surface area contributed by atoms with Gasteiger partial charge < -0.3 is 10.2 Å². The lowest BCUT2D eigenvalue weighted by Gasteiger charge is -2.22. The second kappa shape index (κ2) is 9.71. The molecule has 0 aliphatic rings. The van der Waals surface area contributed by atoms with Gasteiger partial charge in [-0.05, 0) is 24.6 Å². The SMILES string of the molecule is CCNC(=NCc1ncnn1C)N(C)Cc1cccc(Cl)c1.I. The maximum atomic E-state index is 6.03. The fraction of sp³-hybridized carbons (Fsp3) is 0.400. The number of hydrogen-bond acceptors (Lipinski definition) is 3. The molecule has 0 radical (unpaired) electrons. The van der Waals surface area contributed by atoms with E-state index >= 15 is 0 Å².